The number of nitrogens with zero attached hydrogens (tertiary/aromatic N) is 2. The predicted octanol–water partition coefficient (Wildman–Crippen LogP) is 5.36. The second kappa shape index (κ2) is 9.39. The summed E-state index contributed by atoms with van der Waals surface area (Å²) in [7, 11) is 0. The van der Waals surface area contributed by atoms with E-state index in [1.54, 1.807) is 6.92 Å². The molecule has 2 aromatic carbocycles. The van der Waals surface area contributed by atoms with E-state index in [0.717, 1.165) is 36.5 Å². The minimum Gasteiger partial charge on any atom is -0.505 e. The van der Waals surface area contributed by atoms with Crippen LogP contribution in [0.4, 0.5) is 8.78 Å². The van der Waals surface area contributed by atoms with E-state index in [2.05, 4.69) is 16.0 Å². The summed E-state index contributed by atoms with van der Waals surface area (Å²) in [4.78, 5) is 8.49. The van der Waals surface area contributed by atoms with Crippen LogP contribution in [0.1, 0.15) is 31.7 Å². The van der Waals surface area contributed by atoms with Crippen LogP contribution in [0.3, 0.4) is 0 Å². The van der Waals surface area contributed by atoms with Crippen LogP contribution in [-0.4, -0.2) is 26.3 Å². The number of aliphatic hydroxyl groups excluding tert-OH is 1. The molecule has 0 amide bonds. The van der Waals surface area contributed by atoms with Gasteiger partial charge in [0.1, 0.15) is 0 Å². The fourth-order valence-corrected chi connectivity index (χ4v) is 2.87. The number of aromatic hydroxyl groups is 1. The Labute approximate surface area is 168 Å². The molecule has 0 aliphatic heterocycles. The SMILES string of the molecule is CC(O)CCC/C=C/c1ccc(-c2ncc(-c3ccc(O)c(F)c3F)cn2)cc1. The molecule has 0 saturated heterocycles. The first-order valence-corrected chi connectivity index (χ1v) is 9.40. The zero-order valence-electron chi connectivity index (χ0n) is 16.0. The molecule has 0 aliphatic rings. The summed E-state index contributed by atoms with van der Waals surface area (Å²) in [6.07, 6.45) is 9.33. The van der Waals surface area contributed by atoms with Gasteiger partial charge in [-0.3, -0.25) is 0 Å². The number of aromatic nitrogens is 2. The van der Waals surface area contributed by atoms with E-state index in [1.807, 2.05) is 30.3 Å². The minimum atomic E-state index is -1.29. The molecule has 2 N–H and O–H groups in total. The Bertz CT molecular complexity index is 985. The first-order chi connectivity index (χ1) is 14.0. The molecular formula is C23H22F2N2O2. The molecule has 3 rings (SSSR count). The molecule has 29 heavy (non-hydrogen) atoms. The van der Waals surface area contributed by atoms with Gasteiger partial charge in [-0.25, -0.2) is 14.4 Å². The minimum absolute atomic E-state index is 0.0112. The van der Waals surface area contributed by atoms with Crippen molar-refractivity contribution < 1.29 is 19.0 Å². The van der Waals surface area contributed by atoms with Gasteiger partial charge in [-0.1, -0.05) is 36.4 Å². The maximum absolute atomic E-state index is 14.0. The fraction of sp³-hybridized carbons (Fsp3) is 0.217. The van der Waals surface area contributed by atoms with Gasteiger partial charge in [-0.2, -0.15) is 4.39 Å². The molecule has 3 aromatic rings. The lowest BCUT2D eigenvalue weighted by Gasteiger charge is -2.06. The summed E-state index contributed by atoms with van der Waals surface area (Å²) in [5.41, 5.74) is 2.16. The second-order valence-corrected chi connectivity index (χ2v) is 6.86. The Morgan fingerprint density at radius 1 is 0.966 bits per heavy atom. The summed E-state index contributed by atoms with van der Waals surface area (Å²) < 4.78 is 27.5. The standard InChI is InChI=1S/C23H22F2N2O2/c1-15(28)5-3-2-4-6-16-7-9-17(10-8-16)23-26-13-18(14-27-23)19-11-12-20(29)22(25)21(19)24/h4,6-15,28-29H,2-3,5H2,1H3/b6-4+. The van der Waals surface area contributed by atoms with E-state index < -0.39 is 17.4 Å². The Morgan fingerprint density at radius 2 is 1.66 bits per heavy atom. The van der Waals surface area contributed by atoms with Crippen molar-refractivity contribution in [2.24, 2.45) is 0 Å². The van der Waals surface area contributed by atoms with Gasteiger partial charge in [0.15, 0.2) is 17.4 Å². The van der Waals surface area contributed by atoms with Crippen LogP contribution in [0.15, 0.2) is 54.9 Å². The van der Waals surface area contributed by atoms with Gasteiger partial charge in [-0.05, 0) is 43.9 Å². The van der Waals surface area contributed by atoms with Crippen molar-refractivity contribution in [3.8, 4) is 28.3 Å². The topological polar surface area (TPSA) is 66.2 Å². The van der Waals surface area contributed by atoms with Crippen LogP contribution >= 0.6 is 0 Å². The molecule has 0 saturated carbocycles. The highest BCUT2D eigenvalue weighted by Crippen LogP contribution is 2.29. The molecule has 0 aliphatic carbocycles. The van der Waals surface area contributed by atoms with Gasteiger partial charge >= 0.3 is 0 Å². The number of phenols is 1. The number of hydrogen-bond donors (Lipinski definition) is 2. The van der Waals surface area contributed by atoms with Crippen molar-refractivity contribution in [3.63, 3.8) is 0 Å². The van der Waals surface area contributed by atoms with Gasteiger partial charge in [0.25, 0.3) is 0 Å². The zero-order chi connectivity index (χ0) is 20.8. The highest BCUT2D eigenvalue weighted by Gasteiger charge is 2.15. The van der Waals surface area contributed by atoms with Crippen LogP contribution in [0.25, 0.3) is 28.6 Å². The van der Waals surface area contributed by atoms with Crippen LogP contribution < -0.4 is 0 Å². The molecule has 1 unspecified atom stereocenters. The van der Waals surface area contributed by atoms with Crippen molar-refractivity contribution in [3.05, 3.63) is 72.1 Å². The van der Waals surface area contributed by atoms with E-state index in [1.165, 1.54) is 18.5 Å². The maximum Gasteiger partial charge on any atom is 0.200 e. The van der Waals surface area contributed by atoms with Crippen LogP contribution in [0, 0.1) is 11.6 Å². The Kier molecular flexibility index (Phi) is 6.67. The first kappa shape index (κ1) is 20.6. The summed E-state index contributed by atoms with van der Waals surface area (Å²) in [6, 6.07) is 10.1. The molecule has 1 aromatic heterocycles. The quantitative estimate of drug-likeness (QED) is 0.528. The molecule has 0 spiro atoms. The lowest BCUT2D eigenvalue weighted by molar-refractivity contribution is 0.182. The number of phenolic OH excluding ortho intramolecular Hbond substituents is 1. The average molecular weight is 396 g/mol. The highest BCUT2D eigenvalue weighted by atomic mass is 19.2. The van der Waals surface area contributed by atoms with Crippen LogP contribution in [0.5, 0.6) is 5.75 Å². The molecule has 1 atom stereocenters. The number of benzene rings is 2. The first-order valence-electron chi connectivity index (χ1n) is 9.40. The van der Waals surface area contributed by atoms with Crippen molar-refractivity contribution >= 4 is 6.08 Å². The summed E-state index contributed by atoms with van der Waals surface area (Å²) in [5, 5.41) is 18.5. The third-order valence-electron chi connectivity index (χ3n) is 4.50. The van der Waals surface area contributed by atoms with Gasteiger partial charge in [0, 0.05) is 29.1 Å². The molecule has 6 heteroatoms. The second-order valence-electron chi connectivity index (χ2n) is 6.86. The van der Waals surface area contributed by atoms with Crippen molar-refractivity contribution in [2.45, 2.75) is 32.3 Å². The summed E-state index contributed by atoms with van der Waals surface area (Å²) in [5.74, 6) is -2.69. The lowest BCUT2D eigenvalue weighted by atomic mass is 10.1. The van der Waals surface area contributed by atoms with E-state index in [9.17, 15) is 19.0 Å². The van der Waals surface area contributed by atoms with Crippen molar-refractivity contribution in [1.29, 1.82) is 0 Å². The van der Waals surface area contributed by atoms with E-state index in [4.69, 9.17) is 0 Å². The molecule has 0 radical (unpaired) electrons. The van der Waals surface area contributed by atoms with E-state index in [-0.39, 0.29) is 11.7 Å². The van der Waals surface area contributed by atoms with Crippen molar-refractivity contribution in [2.75, 3.05) is 0 Å². The zero-order valence-corrected chi connectivity index (χ0v) is 16.0. The maximum atomic E-state index is 14.0. The lowest BCUT2D eigenvalue weighted by Crippen LogP contribution is -1.97. The van der Waals surface area contributed by atoms with Crippen molar-refractivity contribution in [1.82, 2.24) is 9.97 Å². The molecular weight excluding hydrogens is 374 g/mol. The number of halogens is 2. The third-order valence-corrected chi connectivity index (χ3v) is 4.50. The normalized spacial score (nSPS) is 12.4. The molecule has 1 heterocycles. The number of aliphatic hydroxyl groups is 1. The number of hydrogen-bond acceptors (Lipinski definition) is 4. The number of unbranched alkanes of at least 4 members (excludes halogenated alkanes) is 1. The molecule has 0 bridgehead atoms. The van der Waals surface area contributed by atoms with Crippen LogP contribution in [-0.2, 0) is 0 Å². The van der Waals surface area contributed by atoms with Gasteiger partial charge in [0.2, 0.25) is 5.82 Å². The number of allylic oxidation sites excluding steroid dienone is 1. The van der Waals surface area contributed by atoms with Crippen LogP contribution in [0.2, 0.25) is 0 Å². The highest BCUT2D eigenvalue weighted by molar-refractivity contribution is 5.66. The largest absolute Gasteiger partial charge is 0.505 e. The smallest absolute Gasteiger partial charge is 0.200 e. The Balaban J connectivity index is 1.69. The average Bonchev–Trinajstić information content (AvgIpc) is 2.72. The molecule has 0 fully saturated rings. The van der Waals surface area contributed by atoms with Gasteiger partial charge in [-0.15, -0.1) is 0 Å². The third kappa shape index (κ3) is 5.23. The van der Waals surface area contributed by atoms with E-state index in [0.29, 0.717) is 11.4 Å². The monoisotopic (exact) mass is 396 g/mol. The molecule has 150 valence electrons. The van der Waals surface area contributed by atoms with Gasteiger partial charge < -0.3 is 10.2 Å². The number of rotatable bonds is 7. The predicted molar refractivity (Wildman–Crippen MR) is 109 cm³/mol. The van der Waals surface area contributed by atoms with E-state index >= 15 is 0 Å². The Hall–Kier alpha value is -3.12. The fourth-order valence-electron chi connectivity index (χ4n) is 2.87. The summed E-state index contributed by atoms with van der Waals surface area (Å²) >= 11 is 0. The summed E-state index contributed by atoms with van der Waals surface area (Å²) in [6.45, 7) is 1.79. The molecule has 4 nitrogen and oxygen atoms in total. The van der Waals surface area contributed by atoms with Gasteiger partial charge in [0.05, 0.1) is 6.10 Å². The Morgan fingerprint density at radius 3 is 2.31 bits per heavy atom.